The van der Waals surface area contributed by atoms with Crippen LogP contribution in [0.3, 0.4) is 0 Å². The van der Waals surface area contributed by atoms with Crippen LogP contribution in [-0.2, 0) is 11.4 Å². The fourth-order valence-corrected chi connectivity index (χ4v) is 5.54. The summed E-state index contributed by atoms with van der Waals surface area (Å²) in [6, 6.07) is 12.4. The summed E-state index contributed by atoms with van der Waals surface area (Å²) in [4.78, 5) is 12.0. The molecule has 4 rings (SSSR count). The van der Waals surface area contributed by atoms with Crippen molar-refractivity contribution in [2.45, 2.75) is 31.8 Å². The maximum absolute atomic E-state index is 14.4. The number of thiophene rings is 1. The van der Waals surface area contributed by atoms with E-state index in [4.69, 9.17) is 9.47 Å². The highest BCUT2D eigenvalue weighted by Crippen LogP contribution is 2.45. The first-order valence-corrected chi connectivity index (χ1v) is 11.7. The Morgan fingerprint density at radius 3 is 2.77 bits per heavy atom. The molecule has 2 aromatic carbocycles. The van der Waals surface area contributed by atoms with Gasteiger partial charge < -0.3 is 14.6 Å². The van der Waals surface area contributed by atoms with E-state index < -0.39 is 5.97 Å². The molecular formula is C24H22BrFO4S. The van der Waals surface area contributed by atoms with Crippen LogP contribution < -0.4 is 9.47 Å². The molecule has 1 aliphatic rings. The monoisotopic (exact) mass is 504 g/mol. The molecule has 0 unspecified atom stereocenters. The molecule has 0 bridgehead atoms. The van der Waals surface area contributed by atoms with Gasteiger partial charge in [0.1, 0.15) is 23.9 Å². The average Bonchev–Trinajstić information content (AvgIpc) is 3.54. The molecule has 1 heterocycles. The zero-order chi connectivity index (χ0) is 22.0. The highest BCUT2D eigenvalue weighted by Gasteiger charge is 2.33. The van der Waals surface area contributed by atoms with E-state index in [2.05, 4.69) is 15.9 Å². The van der Waals surface area contributed by atoms with Crippen molar-refractivity contribution in [3.63, 3.8) is 0 Å². The van der Waals surface area contributed by atoms with Crippen LogP contribution in [0.4, 0.5) is 4.39 Å². The van der Waals surface area contributed by atoms with E-state index in [1.807, 2.05) is 29.6 Å². The van der Waals surface area contributed by atoms with Gasteiger partial charge in [0.2, 0.25) is 0 Å². The molecule has 1 fully saturated rings. The third-order valence-corrected chi connectivity index (χ3v) is 7.71. The van der Waals surface area contributed by atoms with E-state index in [0.717, 1.165) is 33.3 Å². The number of ether oxygens (including phenoxy) is 2. The van der Waals surface area contributed by atoms with Crippen LogP contribution in [0.15, 0.2) is 52.3 Å². The van der Waals surface area contributed by atoms with Crippen LogP contribution >= 0.6 is 27.3 Å². The van der Waals surface area contributed by atoms with E-state index in [-0.39, 0.29) is 18.2 Å². The number of hydrogen-bond acceptors (Lipinski definition) is 4. The zero-order valence-corrected chi connectivity index (χ0v) is 19.3. The highest BCUT2D eigenvalue weighted by atomic mass is 79.9. The fraction of sp³-hybridized carbons (Fsp3) is 0.292. The third-order valence-electron chi connectivity index (χ3n) is 5.48. The van der Waals surface area contributed by atoms with Crippen molar-refractivity contribution in [2.24, 2.45) is 5.92 Å². The second-order valence-corrected chi connectivity index (χ2v) is 9.33. The van der Waals surface area contributed by atoms with Crippen molar-refractivity contribution in [3.8, 4) is 21.9 Å². The van der Waals surface area contributed by atoms with Crippen molar-refractivity contribution >= 4 is 33.2 Å². The number of carboxylic acids is 1. The summed E-state index contributed by atoms with van der Waals surface area (Å²) in [7, 11) is 1.55. The number of methoxy groups -OCH3 is 1. The lowest BCUT2D eigenvalue weighted by atomic mass is 9.91. The van der Waals surface area contributed by atoms with Gasteiger partial charge in [-0.1, -0.05) is 12.1 Å². The molecule has 4 nitrogen and oxygen atoms in total. The number of carboxylic acid groups (broad SMARTS) is 1. The van der Waals surface area contributed by atoms with Crippen LogP contribution in [0, 0.1) is 11.7 Å². The summed E-state index contributed by atoms with van der Waals surface area (Å²) in [5, 5.41) is 11.2. The molecule has 0 spiro atoms. The molecule has 1 aromatic heterocycles. The van der Waals surface area contributed by atoms with Crippen molar-refractivity contribution in [1.82, 2.24) is 0 Å². The summed E-state index contributed by atoms with van der Waals surface area (Å²) in [6.45, 7) is 0.319. The minimum atomic E-state index is -0.775. The Morgan fingerprint density at radius 2 is 2.06 bits per heavy atom. The molecule has 162 valence electrons. The number of aliphatic carboxylic acids is 1. The predicted molar refractivity (Wildman–Crippen MR) is 122 cm³/mol. The molecular weight excluding hydrogens is 483 g/mol. The molecule has 1 atom stereocenters. The second kappa shape index (κ2) is 9.40. The average molecular weight is 505 g/mol. The minimum absolute atomic E-state index is 0.0246. The molecule has 1 saturated carbocycles. The number of benzene rings is 2. The Kier molecular flexibility index (Phi) is 6.62. The SMILES string of the molecule is COc1ccc(F)c(-c2scc(COc3cccc([C@@H](CC(=O)O)C4CC4)c3)c2Br)c1. The highest BCUT2D eigenvalue weighted by molar-refractivity contribution is 9.10. The van der Waals surface area contributed by atoms with Crippen LogP contribution in [0.2, 0.25) is 0 Å². The van der Waals surface area contributed by atoms with Gasteiger partial charge >= 0.3 is 5.97 Å². The van der Waals surface area contributed by atoms with Crippen LogP contribution in [0.1, 0.15) is 36.3 Å². The van der Waals surface area contributed by atoms with E-state index in [9.17, 15) is 14.3 Å². The van der Waals surface area contributed by atoms with Gasteiger partial charge in [0.25, 0.3) is 0 Å². The van der Waals surface area contributed by atoms with Gasteiger partial charge in [-0.3, -0.25) is 4.79 Å². The topological polar surface area (TPSA) is 55.8 Å². The lowest BCUT2D eigenvalue weighted by molar-refractivity contribution is -0.137. The van der Waals surface area contributed by atoms with Crippen molar-refractivity contribution in [3.05, 3.63) is 69.3 Å². The van der Waals surface area contributed by atoms with Crippen LogP contribution in [-0.4, -0.2) is 18.2 Å². The summed E-state index contributed by atoms with van der Waals surface area (Å²) >= 11 is 5.03. The van der Waals surface area contributed by atoms with Gasteiger partial charge in [0.15, 0.2) is 0 Å². The summed E-state index contributed by atoms with van der Waals surface area (Å²) in [5.74, 6) is 0.670. The Bertz CT molecular complexity index is 1090. The number of rotatable bonds is 9. The largest absolute Gasteiger partial charge is 0.497 e. The van der Waals surface area contributed by atoms with E-state index in [0.29, 0.717) is 29.6 Å². The van der Waals surface area contributed by atoms with Gasteiger partial charge in [0.05, 0.1) is 18.4 Å². The lowest BCUT2D eigenvalue weighted by Gasteiger charge is -2.16. The molecule has 0 aliphatic heterocycles. The van der Waals surface area contributed by atoms with Crippen molar-refractivity contribution < 1.29 is 23.8 Å². The molecule has 3 aromatic rings. The minimum Gasteiger partial charge on any atom is -0.497 e. The standard InChI is InChI=1S/C24H22BrFO4S/c1-29-17-7-8-21(26)20(10-17)24-23(25)16(13-31-24)12-30-18-4-2-3-15(9-18)19(11-22(27)28)14-5-6-14/h2-4,7-10,13-14,19H,5-6,11-12H2,1H3,(H,27,28)/t19-/m0/s1. The molecule has 7 heteroatoms. The Labute approximate surface area is 192 Å². The van der Waals surface area contributed by atoms with Gasteiger partial charge in [-0.25, -0.2) is 4.39 Å². The van der Waals surface area contributed by atoms with Gasteiger partial charge in [-0.05, 0) is 81.9 Å². The summed E-state index contributed by atoms with van der Waals surface area (Å²) in [6.07, 6.45) is 2.29. The molecule has 0 amide bonds. The predicted octanol–water partition coefficient (Wildman–Crippen LogP) is 6.87. The number of carbonyl (C=O) groups is 1. The second-order valence-electron chi connectivity index (χ2n) is 7.65. The normalized spacial score (nSPS) is 14.3. The smallest absolute Gasteiger partial charge is 0.303 e. The Morgan fingerprint density at radius 1 is 1.26 bits per heavy atom. The lowest BCUT2D eigenvalue weighted by Crippen LogP contribution is -2.08. The Hall–Kier alpha value is -2.38. The first-order chi connectivity index (χ1) is 15.0. The van der Waals surface area contributed by atoms with E-state index in [1.54, 1.807) is 19.2 Å². The summed E-state index contributed by atoms with van der Waals surface area (Å²) < 4.78 is 26.4. The molecule has 0 saturated heterocycles. The zero-order valence-electron chi connectivity index (χ0n) is 16.9. The van der Waals surface area contributed by atoms with E-state index in [1.165, 1.54) is 17.4 Å². The fourth-order valence-electron chi connectivity index (χ4n) is 3.70. The first kappa shape index (κ1) is 21.8. The molecule has 31 heavy (non-hydrogen) atoms. The van der Waals surface area contributed by atoms with E-state index >= 15 is 0 Å². The molecule has 1 N–H and O–H groups in total. The molecule has 0 radical (unpaired) electrons. The number of halogens is 2. The van der Waals surface area contributed by atoms with Gasteiger partial charge in [-0.2, -0.15) is 0 Å². The third kappa shape index (κ3) is 5.10. The summed E-state index contributed by atoms with van der Waals surface area (Å²) in [5.41, 5.74) is 2.40. The quantitative estimate of drug-likeness (QED) is 0.345. The Balaban J connectivity index is 1.50. The maximum atomic E-state index is 14.4. The van der Waals surface area contributed by atoms with Crippen molar-refractivity contribution in [1.29, 1.82) is 0 Å². The molecule has 1 aliphatic carbocycles. The van der Waals surface area contributed by atoms with Gasteiger partial charge in [0, 0.05) is 15.6 Å². The van der Waals surface area contributed by atoms with Crippen molar-refractivity contribution in [2.75, 3.05) is 7.11 Å². The van der Waals surface area contributed by atoms with Crippen LogP contribution in [0.5, 0.6) is 11.5 Å². The number of hydrogen-bond donors (Lipinski definition) is 1. The maximum Gasteiger partial charge on any atom is 0.303 e. The van der Waals surface area contributed by atoms with Crippen LogP contribution in [0.25, 0.3) is 10.4 Å². The first-order valence-electron chi connectivity index (χ1n) is 10.0. The van der Waals surface area contributed by atoms with Gasteiger partial charge in [-0.15, -0.1) is 11.3 Å².